The van der Waals surface area contributed by atoms with Crippen molar-refractivity contribution >= 4 is 5.97 Å². The van der Waals surface area contributed by atoms with Crippen LogP contribution in [0.2, 0.25) is 0 Å². The molecule has 0 aromatic heterocycles. The number of rotatable bonds is 4. The summed E-state index contributed by atoms with van der Waals surface area (Å²) in [5.41, 5.74) is 1.92. The molecular formula is C18H18O3. The standard InChI is InChI=1S/C18H18O3/c1-20-18(19)15-7-11-17(12-8-15)21-16-9-5-14(6-10-16)13-3-2-4-13/h5-13H,2-4H2,1H3. The summed E-state index contributed by atoms with van der Waals surface area (Å²) in [4.78, 5) is 11.4. The first-order valence-corrected chi connectivity index (χ1v) is 7.22. The second kappa shape index (κ2) is 6.00. The molecule has 0 amide bonds. The number of hydrogen-bond acceptors (Lipinski definition) is 3. The summed E-state index contributed by atoms with van der Waals surface area (Å²) >= 11 is 0. The minimum atomic E-state index is -0.341. The molecule has 0 aliphatic heterocycles. The molecule has 0 saturated heterocycles. The van der Waals surface area contributed by atoms with Gasteiger partial charge in [0.2, 0.25) is 0 Å². The molecular weight excluding hydrogens is 264 g/mol. The number of esters is 1. The average Bonchev–Trinajstić information content (AvgIpc) is 2.47. The zero-order chi connectivity index (χ0) is 14.7. The highest BCUT2D eigenvalue weighted by molar-refractivity contribution is 5.89. The molecule has 0 heterocycles. The van der Waals surface area contributed by atoms with Gasteiger partial charge in [0.15, 0.2) is 0 Å². The predicted molar refractivity (Wildman–Crippen MR) is 80.9 cm³/mol. The molecule has 2 aromatic carbocycles. The van der Waals surface area contributed by atoms with E-state index in [0.29, 0.717) is 11.3 Å². The Morgan fingerprint density at radius 2 is 1.52 bits per heavy atom. The van der Waals surface area contributed by atoms with Crippen molar-refractivity contribution in [3.05, 3.63) is 59.7 Å². The smallest absolute Gasteiger partial charge is 0.337 e. The summed E-state index contributed by atoms with van der Waals surface area (Å²) in [5, 5.41) is 0. The van der Waals surface area contributed by atoms with Crippen LogP contribution in [0.1, 0.15) is 41.1 Å². The first-order valence-electron chi connectivity index (χ1n) is 7.22. The Morgan fingerprint density at radius 1 is 0.952 bits per heavy atom. The van der Waals surface area contributed by atoms with Crippen LogP contribution < -0.4 is 4.74 Å². The van der Waals surface area contributed by atoms with E-state index in [9.17, 15) is 4.79 Å². The number of methoxy groups -OCH3 is 1. The number of ether oxygens (including phenoxy) is 2. The molecule has 1 fully saturated rings. The summed E-state index contributed by atoms with van der Waals surface area (Å²) in [6.07, 6.45) is 3.94. The molecule has 1 aliphatic carbocycles. The zero-order valence-corrected chi connectivity index (χ0v) is 12.0. The molecule has 0 radical (unpaired) electrons. The van der Waals surface area contributed by atoms with Gasteiger partial charge in [-0.15, -0.1) is 0 Å². The van der Waals surface area contributed by atoms with Crippen LogP contribution in [0.15, 0.2) is 48.5 Å². The molecule has 1 aliphatic rings. The van der Waals surface area contributed by atoms with Crippen molar-refractivity contribution in [1.82, 2.24) is 0 Å². The van der Waals surface area contributed by atoms with Crippen molar-refractivity contribution in [2.75, 3.05) is 7.11 Å². The minimum Gasteiger partial charge on any atom is -0.465 e. The maximum atomic E-state index is 11.4. The van der Waals surface area contributed by atoms with E-state index < -0.39 is 0 Å². The normalized spacial score (nSPS) is 14.3. The van der Waals surface area contributed by atoms with E-state index in [1.165, 1.54) is 31.9 Å². The lowest BCUT2D eigenvalue weighted by atomic mass is 9.80. The lowest BCUT2D eigenvalue weighted by molar-refractivity contribution is 0.0600. The van der Waals surface area contributed by atoms with Crippen LogP contribution >= 0.6 is 0 Å². The van der Waals surface area contributed by atoms with E-state index in [0.717, 1.165) is 11.7 Å². The predicted octanol–water partition coefficient (Wildman–Crippen LogP) is 4.53. The van der Waals surface area contributed by atoms with Crippen molar-refractivity contribution in [2.24, 2.45) is 0 Å². The number of carbonyl (C=O) groups excluding carboxylic acids is 1. The second-order valence-electron chi connectivity index (χ2n) is 5.31. The number of hydrogen-bond donors (Lipinski definition) is 0. The highest BCUT2D eigenvalue weighted by Crippen LogP contribution is 2.37. The van der Waals surface area contributed by atoms with Crippen LogP contribution in [0, 0.1) is 0 Å². The molecule has 21 heavy (non-hydrogen) atoms. The third-order valence-electron chi connectivity index (χ3n) is 3.97. The van der Waals surface area contributed by atoms with E-state index >= 15 is 0 Å². The molecule has 0 unspecified atom stereocenters. The molecule has 3 rings (SSSR count). The minimum absolute atomic E-state index is 0.341. The van der Waals surface area contributed by atoms with Gasteiger partial charge in [0.1, 0.15) is 11.5 Å². The number of carbonyl (C=O) groups is 1. The summed E-state index contributed by atoms with van der Waals surface area (Å²) in [7, 11) is 1.37. The SMILES string of the molecule is COC(=O)c1ccc(Oc2ccc(C3CCC3)cc2)cc1. The van der Waals surface area contributed by atoms with Crippen LogP contribution in [0.25, 0.3) is 0 Å². The summed E-state index contributed by atoms with van der Waals surface area (Å²) < 4.78 is 10.4. The fraction of sp³-hybridized carbons (Fsp3) is 0.278. The lowest BCUT2D eigenvalue weighted by Crippen LogP contribution is -2.08. The molecule has 1 saturated carbocycles. The first kappa shape index (κ1) is 13.7. The molecule has 0 N–H and O–H groups in total. The van der Waals surface area contributed by atoms with Gasteiger partial charge in [-0.2, -0.15) is 0 Å². The lowest BCUT2D eigenvalue weighted by Gasteiger charge is -2.25. The molecule has 0 bridgehead atoms. The average molecular weight is 282 g/mol. The molecule has 108 valence electrons. The zero-order valence-electron chi connectivity index (χ0n) is 12.0. The molecule has 0 atom stereocenters. The van der Waals surface area contributed by atoms with Crippen LogP contribution in [-0.4, -0.2) is 13.1 Å². The number of benzene rings is 2. The Hall–Kier alpha value is -2.29. The highest BCUT2D eigenvalue weighted by Gasteiger charge is 2.19. The van der Waals surface area contributed by atoms with Crippen molar-refractivity contribution < 1.29 is 14.3 Å². The van der Waals surface area contributed by atoms with Crippen LogP contribution in [0.3, 0.4) is 0 Å². The molecule has 3 heteroatoms. The van der Waals surface area contributed by atoms with E-state index in [2.05, 4.69) is 16.9 Å². The van der Waals surface area contributed by atoms with Gasteiger partial charge >= 0.3 is 5.97 Å². The summed E-state index contributed by atoms with van der Waals surface area (Å²) in [6.45, 7) is 0. The van der Waals surface area contributed by atoms with E-state index in [4.69, 9.17) is 4.74 Å². The van der Waals surface area contributed by atoms with Crippen molar-refractivity contribution in [3.8, 4) is 11.5 Å². The molecule has 0 spiro atoms. The fourth-order valence-electron chi connectivity index (χ4n) is 2.46. The Morgan fingerprint density at radius 3 is 2.00 bits per heavy atom. The summed E-state index contributed by atoms with van der Waals surface area (Å²) in [6, 6.07) is 15.2. The third kappa shape index (κ3) is 3.07. The van der Waals surface area contributed by atoms with Crippen LogP contribution in [0.5, 0.6) is 11.5 Å². The van der Waals surface area contributed by atoms with Gasteiger partial charge in [-0.05, 0) is 60.7 Å². The largest absolute Gasteiger partial charge is 0.465 e. The Bertz CT molecular complexity index is 610. The van der Waals surface area contributed by atoms with Crippen LogP contribution in [-0.2, 0) is 4.74 Å². The van der Waals surface area contributed by atoms with Gasteiger partial charge in [0.25, 0.3) is 0 Å². The van der Waals surface area contributed by atoms with Gasteiger partial charge in [-0.1, -0.05) is 18.6 Å². The van der Waals surface area contributed by atoms with E-state index in [1.54, 1.807) is 24.3 Å². The van der Waals surface area contributed by atoms with Gasteiger partial charge in [-0.3, -0.25) is 0 Å². The molecule has 3 nitrogen and oxygen atoms in total. The van der Waals surface area contributed by atoms with E-state index in [1.807, 2.05) is 12.1 Å². The Labute approximate surface area is 124 Å². The monoisotopic (exact) mass is 282 g/mol. The second-order valence-corrected chi connectivity index (χ2v) is 5.31. The first-order chi connectivity index (χ1) is 10.3. The van der Waals surface area contributed by atoms with Gasteiger partial charge in [-0.25, -0.2) is 4.79 Å². The highest BCUT2D eigenvalue weighted by atomic mass is 16.5. The van der Waals surface area contributed by atoms with Crippen LogP contribution in [0.4, 0.5) is 0 Å². The van der Waals surface area contributed by atoms with Crippen molar-refractivity contribution in [2.45, 2.75) is 25.2 Å². The molecule has 2 aromatic rings. The third-order valence-corrected chi connectivity index (χ3v) is 3.97. The van der Waals surface area contributed by atoms with Gasteiger partial charge in [0.05, 0.1) is 12.7 Å². The van der Waals surface area contributed by atoms with Gasteiger partial charge in [0, 0.05) is 0 Å². The topological polar surface area (TPSA) is 35.5 Å². The fourth-order valence-corrected chi connectivity index (χ4v) is 2.46. The van der Waals surface area contributed by atoms with E-state index in [-0.39, 0.29) is 5.97 Å². The summed E-state index contributed by atoms with van der Waals surface area (Å²) in [5.74, 6) is 1.91. The Balaban J connectivity index is 1.66. The van der Waals surface area contributed by atoms with Gasteiger partial charge < -0.3 is 9.47 Å². The quantitative estimate of drug-likeness (QED) is 0.773. The Kier molecular flexibility index (Phi) is 3.91. The van der Waals surface area contributed by atoms with Crippen molar-refractivity contribution in [1.29, 1.82) is 0 Å². The maximum absolute atomic E-state index is 11.4. The van der Waals surface area contributed by atoms with Crippen molar-refractivity contribution in [3.63, 3.8) is 0 Å². The maximum Gasteiger partial charge on any atom is 0.337 e.